The van der Waals surface area contributed by atoms with Gasteiger partial charge in [0, 0.05) is 0 Å². The third-order valence-electron chi connectivity index (χ3n) is 5.10. The van der Waals surface area contributed by atoms with Crippen LogP contribution in [0.5, 0.6) is 0 Å². The Morgan fingerprint density at radius 3 is 1.79 bits per heavy atom. The molecule has 0 N–H and O–H groups in total. The minimum absolute atomic E-state index is 0. The van der Waals surface area contributed by atoms with Gasteiger partial charge in [-0.2, -0.15) is 0 Å². The lowest BCUT2D eigenvalue weighted by atomic mass is 9.92. The van der Waals surface area contributed by atoms with E-state index in [2.05, 4.69) is 97.9 Å². The fourth-order valence-corrected chi connectivity index (χ4v) is 3.77. The van der Waals surface area contributed by atoms with Crippen molar-refractivity contribution in [2.75, 3.05) is 0 Å². The summed E-state index contributed by atoms with van der Waals surface area (Å²) in [4.78, 5) is 0. The Morgan fingerprint density at radius 2 is 1.11 bits per heavy atom. The molecular formula is C28H30. The third kappa shape index (κ3) is 3.39. The number of hydrogen-bond acceptors (Lipinski definition) is 0. The van der Waals surface area contributed by atoms with E-state index >= 15 is 0 Å². The van der Waals surface area contributed by atoms with Crippen molar-refractivity contribution in [3.05, 3.63) is 95.6 Å². The minimum atomic E-state index is 0. The zero-order chi connectivity index (χ0) is 16.8. The van der Waals surface area contributed by atoms with Crippen molar-refractivity contribution in [2.45, 2.75) is 29.2 Å². The molecule has 0 saturated heterocycles. The highest BCUT2D eigenvalue weighted by atomic mass is 14.1. The summed E-state index contributed by atoms with van der Waals surface area (Å²) < 4.78 is 0. The highest BCUT2D eigenvalue weighted by Crippen LogP contribution is 2.36. The van der Waals surface area contributed by atoms with E-state index in [4.69, 9.17) is 0 Å². The summed E-state index contributed by atoms with van der Waals surface area (Å²) in [6.45, 7) is 2.12. The predicted molar refractivity (Wildman–Crippen MR) is 130 cm³/mol. The topological polar surface area (TPSA) is 0 Å². The van der Waals surface area contributed by atoms with Crippen molar-refractivity contribution in [2.24, 2.45) is 0 Å². The van der Waals surface area contributed by atoms with Crippen molar-refractivity contribution < 1.29 is 0 Å². The average molecular weight is 367 g/mol. The summed E-state index contributed by atoms with van der Waals surface area (Å²) >= 11 is 0. The normalized spacial score (nSPS) is 10.8. The van der Waals surface area contributed by atoms with Gasteiger partial charge in [-0.3, -0.25) is 0 Å². The second-order valence-electron chi connectivity index (χ2n) is 6.75. The van der Waals surface area contributed by atoms with Gasteiger partial charge in [0.25, 0.3) is 0 Å². The van der Waals surface area contributed by atoms with Gasteiger partial charge in [0.15, 0.2) is 0 Å². The van der Waals surface area contributed by atoms with Crippen LogP contribution in [0.4, 0.5) is 0 Å². The molecule has 0 fully saturated rings. The van der Waals surface area contributed by atoms with E-state index in [0.29, 0.717) is 0 Å². The first kappa shape index (κ1) is 21.2. The van der Waals surface area contributed by atoms with E-state index in [0.717, 1.165) is 0 Å². The zero-order valence-corrected chi connectivity index (χ0v) is 14.2. The highest BCUT2D eigenvalue weighted by molar-refractivity contribution is 6.24. The van der Waals surface area contributed by atoms with Crippen LogP contribution in [0.1, 0.15) is 39.0 Å². The Labute approximate surface area is 169 Å². The molecule has 0 aliphatic rings. The molecular weight excluding hydrogens is 336 g/mol. The Bertz CT molecular complexity index is 1210. The molecule has 0 saturated carbocycles. The lowest BCUT2D eigenvalue weighted by molar-refractivity contribution is 1.46. The van der Waals surface area contributed by atoms with Crippen molar-refractivity contribution in [3.8, 4) is 0 Å². The van der Waals surface area contributed by atoms with Gasteiger partial charge in [0.2, 0.25) is 0 Å². The fourth-order valence-electron chi connectivity index (χ4n) is 3.77. The molecule has 0 aliphatic heterocycles. The van der Waals surface area contributed by atoms with Crippen LogP contribution in [0.3, 0.4) is 0 Å². The van der Waals surface area contributed by atoms with E-state index in [1.165, 1.54) is 49.0 Å². The van der Waals surface area contributed by atoms with Crippen LogP contribution in [-0.2, 0) is 0 Å². The van der Waals surface area contributed by atoms with Gasteiger partial charge in [-0.05, 0) is 50.4 Å². The summed E-state index contributed by atoms with van der Waals surface area (Å²) in [5.41, 5.74) is 3.79. The third-order valence-corrected chi connectivity index (χ3v) is 5.10. The van der Waals surface area contributed by atoms with Crippen molar-refractivity contribution in [1.82, 2.24) is 0 Å². The van der Waals surface area contributed by atoms with Gasteiger partial charge >= 0.3 is 0 Å². The lowest BCUT2D eigenvalue weighted by Gasteiger charge is -2.12. The predicted octanol–water partition coefficient (Wildman–Crippen LogP) is 8.97. The molecule has 0 aliphatic carbocycles. The summed E-state index contributed by atoms with van der Waals surface area (Å²) in [5, 5.41) is 8.02. The summed E-state index contributed by atoms with van der Waals surface area (Å²) in [6, 6.07) is 28.6. The molecule has 28 heavy (non-hydrogen) atoms. The Hall–Kier alpha value is -3.12. The monoisotopic (exact) mass is 366 g/mol. The molecule has 5 aromatic carbocycles. The van der Waals surface area contributed by atoms with Crippen LogP contribution in [0.25, 0.3) is 44.5 Å². The Kier molecular flexibility index (Phi) is 6.26. The first-order valence-electron chi connectivity index (χ1n) is 8.71. The summed E-state index contributed by atoms with van der Waals surface area (Å²) in [7, 11) is 0. The van der Waals surface area contributed by atoms with Crippen molar-refractivity contribution >= 4 is 44.5 Å². The SMILES string of the molecule is C.C.C.Cc1ccc(C=Cc2ccc3ccc4cccc5ccc2c3c45)cc1. The van der Waals surface area contributed by atoms with Gasteiger partial charge in [0.05, 0.1) is 0 Å². The lowest BCUT2D eigenvalue weighted by Crippen LogP contribution is -1.86. The molecule has 0 nitrogen and oxygen atoms in total. The van der Waals surface area contributed by atoms with Gasteiger partial charge in [0.1, 0.15) is 0 Å². The van der Waals surface area contributed by atoms with Crippen LogP contribution >= 0.6 is 0 Å². The number of benzene rings is 5. The molecule has 0 bridgehead atoms. The number of hydrogen-bond donors (Lipinski definition) is 0. The van der Waals surface area contributed by atoms with Gasteiger partial charge in [-0.15, -0.1) is 0 Å². The smallest absolute Gasteiger partial charge is 0.00208 e. The maximum Gasteiger partial charge on any atom is -0.00208 e. The second-order valence-corrected chi connectivity index (χ2v) is 6.75. The zero-order valence-electron chi connectivity index (χ0n) is 14.2. The Morgan fingerprint density at radius 1 is 0.536 bits per heavy atom. The van der Waals surface area contributed by atoms with E-state index in [9.17, 15) is 0 Å². The summed E-state index contributed by atoms with van der Waals surface area (Å²) in [5.74, 6) is 0. The largest absolute Gasteiger partial charge is 0.0776 e. The quantitative estimate of drug-likeness (QED) is 0.216. The standard InChI is InChI=1S/C25H18.3CH4/c1-17-5-7-18(8-6-17)9-10-19-11-12-22-14-13-20-3-2-4-21-15-16-23(19)25(22)24(20)21;;;/h2-16H,1H3;3*1H4. The van der Waals surface area contributed by atoms with Gasteiger partial charge in [-0.25, -0.2) is 0 Å². The van der Waals surface area contributed by atoms with Crippen LogP contribution < -0.4 is 0 Å². The molecule has 0 unspecified atom stereocenters. The Balaban J connectivity index is 0.000000934. The average Bonchev–Trinajstić information content (AvgIpc) is 2.66. The van der Waals surface area contributed by atoms with Gasteiger partial charge < -0.3 is 0 Å². The fraction of sp³-hybridized carbons (Fsp3) is 0.143. The van der Waals surface area contributed by atoms with E-state index in [1.54, 1.807) is 0 Å². The van der Waals surface area contributed by atoms with E-state index < -0.39 is 0 Å². The molecule has 0 radical (unpaired) electrons. The first-order chi connectivity index (χ1) is 12.3. The van der Waals surface area contributed by atoms with Crippen LogP contribution in [0, 0.1) is 6.92 Å². The number of aryl methyl sites for hydroxylation is 1. The minimum Gasteiger partial charge on any atom is -0.0776 e. The molecule has 0 spiro atoms. The summed E-state index contributed by atoms with van der Waals surface area (Å²) in [6.07, 6.45) is 4.43. The highest BCUT2D eigenvalue weighted by Gasteiger charge is 2.09. The molecule has 5 rings (SSSR count). The molecule has 5 aromatic rings. The maximum atomic E-state index is 2.26. The molecule has 0 aromatic heterocycles. The molecule has 0 atom stereocenters. The second kappa shape index (κ2) is 8.27. The number of rotatable bonds is 2. The molecule has 0 heteroatoms. The molecule has 0 amide bonds. The van der Waals surface area contributed by atoms with Crippen molar-refractivity contribution in [1.29, 1.82) is 0 Å². The van der Waals surface area contributed by atoms with E-state index in [1.807, 2.05) is 0 Å². The van der Waals surface area contributed by atoms with E-state index in [-0.39, 0.29) is 22.3 Å². The molecule has 0 heterocycles. The molecule has 142 valence electrons. The van der Waals surface area contributed by atoms with Crippen LogP contribution in [0.15, 0.2) is 78.9 Å². The van der Waals surface area contributed by atoms with Crippen molar-refractivity contribution in [3.63, 3.8) is 0 Å². The maximum absolute atomic E-state index is 2.26. The van der Waals surface area contributed by atoms with Crippen LogP contribution in [0.2, 0.25) is 0 Å². The first-order valence-corrected chi connectivity index (χ1v) is 8.71. The van der Waals surface area contributed by atoms with Crippen LogP contribution in [-0.4, -0.2) is 0 Å². The van der Waals surface area contributed by atoms with Gasteiger partial charge in [-0.1, -0.05) is 119 Å².